The highest BCUT2D eigenvalue weighted by Gasteiger charge is 2.40. The van der Waals surface area contributed by atoms with Gasteiger partial charge >= 0.3 is 6.09 Å². The van der Waals surface area contributed by atoms with E-state index in [1.54, 1.807) is 4.90 Å². The molecule has 0 aromatic heterocycles. The molecule has 30 heavy (non-hydrogen) atoms. The molecule has 6 nitrogen and oxygen atoms in total. The molecule has 1 atom stereocenters. The number of hydrogen-bond donors (Lipinski definition) is 1. The van der Waals surface area contributed by atoms with E-state index in [1.165, 1.54) is 0 Å². The Morgan fingerprint density at radius 1 is 0.967 bits per heavy atom. The Kier molecular flexibility index (Phi) is 6.64. The standard InChI is InChI=1S/C24H29N3O3/c28-23(27(20-10-5-2-6-11-20)21-13-15-25-16-14-21)22-12-7-17-26(22)24(29)30-18-19-8-3-1-4-9-19/h1-6,8-11,21-22,25H,7,12-18H2. The summed E-state index contributed by atoms with van der Waals surface area (Å²) in [4.78, 5) is 30.0. The van der Waals surface area contributed by atoms with Crippen molar-refractivity contribution in [3.05, 3.63) is 66.2 Å². The normalized spacial score (nSPS) is 19.5. The summed E-state index contributed by atoms with van der Waals surface area (Å²) in [6, 6.07) is 19.1. The maximum absolute atomic E-state index is 13.7. The summed E-state index contributed by atoms with van der Waals surface area (Å²) in [5, 5.41) is 3.37. The Bertz CT molecular complexity index is 837. The molecule has 158 valence electrons. The van der Waals surface area contributed by atoms with Crippen molar-refractivity contribution in [2.24, 2.45) is 0 Å². The zero-order valence-corrected chi connectivity index (χ0v) is 17.2. The van der Waals surface area contributed by atoms with Crippen molar-refractivity contribution < 1.29 is 14.3 Å². The van der Waals surface area contributed by atoms with E-state index in [9.17, 15) is 9.59 Å². The van der Waals surface area contributed by atoms with Crippen molar-refractivity contribution in [1.82, 2.24) is 10.2 Å². The van der Waals surface area contributed by atoms with Crippen LogP contribution in [0.1, 0.15) is 31.2 Å². The Morgan fingerprint density at radius 3 is 2.33 bits per heavy atom. The summed E-state index contributed by atoms with van der Waals surface area (Å²) < 4.78 is 5.53. The predicted octanol–water partition coefficient (Wildman–Crippen LogP) is 3.57. The van der Waals surface area contributed by atoms with Crippen molar-refractivity contribution in [1.29, 1.82) is 0 Å². The summed E-state index contributed by atoms with van der Waals surface area (Å²) in [6.45, 7) is 2.57. The molecule has 2 amide bonds. The van der Waals surface area contributed by atoms with Gasteiger partial charge in [0, 0.05) is 18.3 Å². The van der Waals surface area contributed by atoms with E-state index < -0.39 is 12.1 Å². The molecule has 2 fully saturated rings. The number of carbonyl (C=O) groups excluding carboxylic acids is 2. The zero-order chi connectivity index (χ0) is 20.8. The average molecular weight is 408 g/mol. The fraction of sp³-hybridized carbons (Fsp3) is 0.417. The summed E-state index contributed by atoms with van der Waals surface area (Å²) in [7, 11) is 0. The number of para-hydroxylation sites is 1. The summed E-state index contributed by atoms with van der Waals surface area (Å²) >= 11 is 0. The first kappa shape index (κ1) is 20.4. The van der Waals surface area contributed by atoms with E-state index in [0.29, 0.717) is 13.0 Å². The summed E-state index contributed by atoms with van der Waals surface area (Å²) in [5.41, 5.74) is 1.84. The van der Waals surface area contributed by atoms with Crippen LogP contribution in [0.15, 0.2) is 60.7 Å². The number of hydrogen-bond acceptors (Lipinski definition) is 4. The number of ether oxygens (including phenoxy) is 1. The predicted molar refractivity (Wildman–Crippen MR) is 116 cm³/mol. The molecule has 4 rings (SSSR count). The van der Waals surface area contributed by atoms with Gasteiger partial charge in [-0.25, -0.2) is 4.79 Å². The minimum absolute atomic E-state index is 0.00209. The van der Waals surface area contributed by atoms with E-state index in [0.717, 1.165) is 43.6 Å². The molecule has 0 bridgehead atoms. The lowest BCUT2D eigenvalue weighted by atomic mass is 10.0. The third kappa shape index (κ3) is 4.65. The number of carbonyl (C=O) groups is 2. The van der Waals surface area contributed by atoms with Gasteiger partial charge in [-0.05, 0) is 56.5 Å². The fourth-order valence-corrected chi connectivity index (χ4v) is 4.38. The van der Waals surface area contributed by atoms with Gasteiger partial charge in [-0.2, -0.15) is 0 Å². The fourth-order valence-electron chi connectivity index (χ4n) is 4.38. The van der Waals surface area contributed by atoms with Gasteiger partial charge in [0.1, 0.15) is 12.6 Å². The Hall–Kier alpha value is -2.86. The van der Waals surface area contributed by atoms with Crippen LogP contribution in [0.3, 0.4) is 0 Å². The van der Waals surface area contributed by atoms with E-state index in [1.807, 2.05) is 65.6 Å². The summed E-state index contributed by atoms with van der Waals surface area (Å²) in [5.74, 6) is 0.00209. The molecule has 1 N–H and O–H groups in total. The lowest BCUT2D eigenvalue weighted by molar-refractivity contribution is -0.123. The monoisotopic (exact) mass is 407 g/mol. The van der Waals surface area contributed by atoms with Crippen LogP contribution in [-0.2, 0) is 16.1 Å². The molecule has 0 saturated carbocycles. The second-order valence-corrected chi connectivity index (χ2v) is 7.92. The number of nitrogens with one attached hydrogen (secondary N) is 1. The number of benzene rings is 2. The molecule has 2 aromatic rings. The van der Waals surface area contributed by atoms with Crippen molar-refractivity contribution in [2.75, 3.05) is 24.5 Å². The Balaban J connectivity index is 1.49. The van der Waals surface area contributed by atoms with Gasteiger partial charge in [0.05, 0.1) is 0 Å². The van der Waals surface area contributed by atoms with Gasteiger partial charge in [0.2, 0.25) is 5.91 Å². The molecule has 0 spiro atoms. The van der Waals surface area contributed by atoms with Crippen LogP contribution >= 0.6 is 0 Å². The number of nitrogens with zero attached hydrogens (tertiary/aromatic N) is 2. The molecule has 0 radical (unpaired) electrons. The number of likely N-dealkylation sites (tertiary alicyclic amines) is 1. The Morgan fingerprint density at radius 2 is 1.63 bits per heavy atom. The van der Waals surface area contributed by atoms with E-state index in [-0.39, 0.29) is 18.6 Å². The number of piperidine rings is 1. The largest absolute Gasteiger partial charge is 0.445 e. The van der Waals surface area contributed by atoms with E-state index >= 15 is 0 Å². The van der Waals surface area contributed by atoms with Crippen molar-refractivity contribution in [2.45, 2.75) is 44.4 Å². The smallest absolute Gasteiger partial charge is 0.410 e. The summed E-state index contributed by atoms with van der Waals surface area (Å²) in [6.07, 6.45) is 2.89. The lowest BCUT2D eigenvalue weighted by Crippen LogP contribution is -2.53. The number of amides is 2. The second kappa shape index (κ2) is 9.76. The van der Waals surface area contributed by atoms with E-state index in [2.05, 4.69) is 5.32 Å². The van der Waals surface area contributed by atoms with Crippen molar-refractivity contribution >= 4 is 17.7 Å². The highest BCUT2D eigenvalue weighted by molar-refractivity contribution is 5.99. The van der Waals surface area contributed by atoms with E-state index in [4.69, 9.17) is 4.74 Å². The minimum Gasteiger partial charge on any atom is -0.445 e. The van der Waals surface area contributed by atoms with Crippen LogP contribution in [0.4, 0.5) is 10.5 Å². The maximum atomic E-state index is 13.7. The third-order valence-corrected chi connectivity index (χ3v) is 5.92. The van der Waals surface area contributed by atoms with Gasteiger partial charge in [-0.3, -0.25) is 9.69 Å². The van der Waals surface area contributed by atoms with Crippen LogP contribution in [0.25, 0.3) is 0 Å². The van der Waals surface area contributed by atoms with Gasteiger partial charge in [0.15, 0.2) is 0 Å². The first-order valence-corrected chi connectivity index (χ1v) is 10.8. The highest BCUT2D eigenvalue weighted by atomic mass is 16.6. The Labute approximate surface area is 177 Å². The van der Waals surface area contributed by atoms with Crippen LogP contribution in [-0.4, -0.2) is 48.6 Å². The van der Waals surface area contributed by atoms with Crippen LogP contribution < -0.4 is 10.2 Å². The molecule has 6 heteroatoms. The van der Waals surface area contributed by atoms with Crippen molar-refractivity contribution in [3.63, 3.8) is 0 Å². The number of rotatable bonds is 5. The molecule has 2 aliphatic heterocycles. The zero-order valence-electron chi connectivity index (χ0n) is 17.2. The molecular weight excluding hydrogens is 378 g/mol. The molecule has 2 saturated heterocycles. The SMILES string of the molecule is O=C(OCc1ccccc1)N1CCCC1C(=O)N(c1ccccc1)C1CCNCC1. The van der Waals surface area contributed by atoms with Crippen molar-refractivity contribution in [3.8, 4) is 0 Å². The van der Waals surface area contributed by atoms with Gasteiger partial charge in [-0.15, -0.1) is 0 Å². The van der Waals surface area contributed by atoms with Gasteiger partial charge in [0.25, 0.3) is 0 Å². The maximum Gasteiger partial charge on any atom is 0.410 e. The minimum atomic E-state index is -0.469. The van der Waals surface area contributed by atoms with Crippen LogP contribution in [0.2, 0.25) is 0 Å². The molecule has 2 aromatic carbocycles. The number of anilines is 1. The van der Waals surface area contributed by atoms with Gasteiger partial charge in [-0.1, -0.05) is 48.5 Å². The van der Waals surface area contributed by atoms with Crippen LogP contribution in [0.5, 0.6) is 0 Å². The second-order valence-electron chi connectivity index (χ2n) is 7.92. The molecule has 2 heterocycles. The third-order valence-electron chi connectivity index (χ3n) is 5.92. The molecular formula is C24H29N3O3. The molecule has 2 aliphatic rings. The molecule has 0 aliphatic carbocycles. The first-order chi connectivity index (χ1) is 14.7. The lowest BCUT2D eigenvalue weighted by Gasteiger charge is -2.37. The molecule has 1 unspecified atom stereocenters. The highest BCUT2D eigenvalue weighted by Crippen LogP contribution is 2.28. The van der Waals surface area contributed by atoms with Gasteiger partial charge < -0.3 is 15.0 Å². The first-order valence-electron chi connectivity index (χ1n) is 10.8. The quantitative estimate of drug-likeness (QED) is 0.823. The topological polar surface area (TPSA) is 61.9 Å². The average Bonchev–Trinajstić information content (AvgIpc) is 3.30. The van der Waals surface area contributed by atoms with Crippen LogP contribution in [0, 0.1) is 0 Å².